The number of carbonyl (C=O) groups excluding carboxylic acids is 1. The van der Waals surface area contributed by atoms with Crippen LogP contribution in [0, 0.1) is 0 Å². The van der Waals surface area contributed by atoms with Crippen molar-refractivity contribution >= 4 is 46.6 Å². The average Bonchev–Trinajstić information content (AvgIpc) is 2.73. The van der Waals surface area contributed by atoms with Gasteiger partial charge < -0.3 is 15.5 Å². The Bertz CT molecular complexity index is 672. The Hall–Kier alpha value is -1.16. The Kier molecular flexibility index (Phi) is 12.4. The lowest BCUT2D eigenvalue weighted by molar-refractivity contribution is -0.130. The number of halogens is 1. The van der Waals surface area contributed by atoms with E-state index in [1.54, 1.807) is 11.9 Å². The Balaban J connectivity index is 0.00000420. The molecule has 0 aromatic heterocycles. The van der Waals surface area contributed by atoms with Crippen LogP contribution in [0.3, 0.4) is 0 Å². The fourth-order valence-electron chi connectivity index (χ4n) is 3.56. The van der Waals surface area contributed by atoms with Crippen LogP contribution in [0.15, 0.2) is 35.3 Å². The summed E-state index contributed by atoms with van der Waals surface area (Å²) in [6.45, 7) is 3.14. The van der Waals surface area contributed by atoms with Crippen molar-refractivity contribution in [2.75, 3.05) is 26.4 Å². The summed E-state index contributed by atoms with van der Waals surface area (Å²) in [5.74, 6) is 1.54. The van der Waals surface area contributed by atoms with Crippen LogP contribution in [-0.2, 0) is 22.1 Å². The van der Waals surface area contributed by atoms with Crippen LogP contribution in [0.5, 0.6) is 0 Å². The summed E-state index contributed by atoms with van der Waals surface area (Å²) in [5.41, 5.74) is 1.13. The largest absolute Gasteiger partial charge is 0.356 e. The molecule has 2 rings (SSSR count). The first kappa shape index (κ1) is 25.9. The Morgan fingerprint density at radius 1 is 1.28 bits per heavy atom. The van der Waals surface area contributed by atoms with Crippen LogP contribution in [0.2, 0.25) is 0 Å². The van der Waals surface area contributed by atoms with Crippen LogP contribution in [0.25, 0.3) is 0 Å². The zero-order valence-electron chi connectivity index (χ0n) is 17.7. The van der Waals surface area contributed by atoms with E-state index in [-0.39, 0.29) is 41.2 Å². The lowest BCUT2D eigenvalue weighted by Gasteiger charge is -2.30. The molecular formula is C21H35IN4O2S. The van der Waals surface area contributed by atoms with Crippen LogP contribution >= 0.6 is 24.0 Å². The van der Waals surface area contributed by atoms with Crippen molar-refractivity contribution in [3.05, 3.63) is 35.9 Å². The van der Waals surface area contributed by atoms with E-state index in [4.69, 9.17) is 0 Å². The molecule has 1 fully saturated rings. The number of aliphatic imine (C=N–C) groups is 1. The maximum Gasteiger partial charge on any atom is 0.224 e. The fraction of sp³-hybridized carbons (Fsp3) is 0.619. The highest BCUT2D eigenvalue weighted by Gasteiger charge is 2.26. The molecule has 0 aliphatic heterocycles. The van der Waals surface area contributed by atoms with E-state index in [1.165, 1.54) is 0 Å². The molecule has 1 aromatic carbocycles. The summed E-state index contributed by atoms with van der Waals surface area (Å²) in [6.07, 6.45) is 4.54. The number of nitrogens with zero attached hydrogens (tertiary/aromatic N) is 2. The zero-order chi connectivity index (χ0) is 20.4. The van der Waals surface area contributed by atoms with Crippen molar-refractivity contribution < 1.29 is 9.00 Å². The first-order chi connectivity index (χ1) is 13.5. The second-order valence-corrected chi connectivity index (χ2v) is 9.29. The van der Waals surface area contributed by atoms with Gasteiger partial charge in [-0.15, -0.1) is 24.0 Å². The van der Waals surface area contributed by atoms with E-state index in [2.05, 4.69) is 15.6 Å². The topological polar surface area (TPSA) is 73.8 Å². The molecule has 1 aliphatic rings. The number of guanidine groups is 1. The monoisotopic (exact) mass is 534 g/mol. The van der Waals surface area contributed by atoms with Gasteiger partial charge in [0.25, 0.3) is 0 Å². The highest BCUT2D eigenvalue weighted by molar-refractivity contribution is 14.0. The second-order valence-electron chi connectivity index (χ2n) is 7.28. The van der Waals surface area contributed by atoms with E-state index in [9.17, 15) is 9.00 Å². The molecule has 3 atom stereocenters. The molecule has 1 aromatic rings. The lowest BCUT2D eigenvalue weighted by atomic mass is 9.95. The summed E-state index contributed by atoms with van der Waals surface area (Å²) in [7, 11) is 2.84. The van der Waals surface area contributed by atoms with Crippen molar-refractivity contribution in [3.8, 4) is 0 Å². The summed E-state index contributed by atoms with van der Waals surface area (Å²) < 4.78 is 12.1. The predicted molar refractivity (Wildman–Crippen MR) is 132 cm³/mol. The molecule has 1 aliphatic carbocycles. The summed E-state index contributed by atoms with van der Waals surface area (Å²) in [5, 5.41) is 6.96. The van der Waals surface area contributed by atoms with E-state index < -0.39 is 10.8 Å². The maximum absolute atomic E-state index is 12.4. The molecule has 8 heteroatoms. The molecule has 0 heterocycles. The highest BCUT2D eigenvalue weighted by Crippen LogP contribution is 2.22. The van der Waals surface area contributed by atoms with Gasteiger partial charge in [0.05, 0.1) is 0 Å². The molecule has 164 valence electrons. The number of amides is 1. The van der Waals surface area contributed by atoms with Gasteiger partial charge >= 0.3 is 0 Å². The molecule has 0 bridgehead atoms. The summed E-state index contributed by atoms with van der Waals surface area (Å²) in [6, 6.07) is 10.3. The van der Waals surface area contributed by atoms with Gasteiger partial charge in [0.1, 0.15) is 0 Å². The standard InChI is InChI=1S/C21H34N4O2S.HI/c1-4-28(27)19-12-8-11-18(15-19)24-21(22-2)23-14-13-20(26)25(3)16-17-9-6-5-7-10-17;/h5-7,9-10,18-19H,4,8,11-16H2,1-3H3,(H2,22,23,24);1H. The van der Waals surface area contributed by atoms with Crippen LogP contribution in [0.4, 0.5) is 0 Å². The molecule has 0 spiro atoms. The number of carbonyl (C=O) groups is 1. The van der Waals surface area contributed by atoms with Crippen molar-refractivity contribution in [3.63, 3.8) is 0 Å². The van der Waals surface area contributed by atoms with Gasteiger partial charge in [-0.3, -0.25) is 14.0 Å². The predicted octanol–water partition coefficient (Wildman–Crippen LogP) is 2.90. The average molecular weight is 535 g/mol. The second kappa shape index (κ2) is 14.0. The zero-order valence-corrected chi connectivity index (χ0v) is 20.9. The third-order valence-corrected chi connectivity index (χ3v) is 6.91. The molecule has 1 amide bonds. The van der Waals surface area contributed by atoms with Gasteiger partial charge in [0.2, 0.25) is 5.91 Å². The van der Waals surface area contributed by atoms with Crippen molar-refractivity contribution in [2.45, 2.75) is 56.9 Å². The molecule has 1 saturated carbocycles. The smallest absolute Gasteiger partial charge is 0.224 e. The molecule has 6 nitrogen and oxygen atoms in total. The van der Waals surface area contributed by atoms with Gasteiger partial charge in [-0.25, -0.2) is 0 Å². The Morgan fingerprint density at radius 3 is 2.66 bits per heavy atom. The third-order valence-electron chi connectivity index (χ3n) is 5.17. The van der Waals surface area contributed by atoms with Crippen LogP contribution in [0.1, 0.15) is 44.6 Å². The van der Waals surface area contributed by atoms with Crippen molar-refractivity contribution in [1.29, 1.82) is 0 Å². The minimum atomic E-state index is -0.735. The molecule has 0 radical (unpaired) electrons. The van der Waals surface area contributed by atoms with Crippen molar-refractivity contribution in [1.82, 2.24) is 15.5 Å². The van der Waals surface area contributed by atoms with E-state index in [1.807, 2.05) is 44.3 Å². The minimum Gasteiger partial charge on any atom is -0.356 e. The van der Waals surface area contributed by atoms with E-state index in [0.717, 1.165) is 37.0 Å². The van der Waals surface area contributed by atoms with Gasteiger partial charge in [-0.2, -0.15) is 0 Å². The minimum absolute atomic E-state index is 0. The molecule has 0 saturated heterocycles. The normalized spacial score (nSPS) is 20.3. The van der Waals surface area contributed by atoms with Crippen LogP contribution in [-0.4, -0.2) is 58.7 Å². The Labute approximate surface area is 194 Å². The van der Waals surface area contributed by atoms with E-state index in [0.29, 0.717) is 25.5 Å². The number of hydrogen-bond donors (Lipinski definition) is 2. The molecule has 29 heavy (non-hydrogen) atoms. The third kappa shape index (κ3) is 9.02. The first-order valence-corrected chi connectivity index (χ1v) is 11.5. The fourth-order valence-corrected chi connectivity index (χ4v) is 4.91. The Morgan fingerprint density at radius 2 is 2.00 bits per heavy atom. The van der Waals surface area contributed by atoms with Crippen LogP contribution < -0.4 is 10.6 Å². The maximum atomic E-state index is 12.4. The summed E-state index contributed by atoms with van der Waals surface area (Å²) >= 11 is 0. The molecular weight excluding hydrogens is 499 g/mol. The van der Waals surface area contributed by atoms with Gasteiger partial charge in [0, 0.05) is 61.4 Å². The summed E-state index contributed by atoms with van der Waals surface area (Å²) in [4.78, 5) is 18.4. The first-order valence-electron chi connectivity index (χ1n) is 10.2. The highest BCUT2D eigenvalue weighted by atomic mass is 127. The number of nitrogens with one attached hydrogen (secondary N) is 2. The quantitative estimate of drug-likeness (QED) is 0.306. The van der Waals surface area contributed by atoms with Gasteiger partial charge in [-0.1, -0.05) is 43.7 Å². The van der Waals surface area contributed by atoms with Gasteiger partial charge in [-0.05, 0) is 24.8 Å². The number of hydrogen-bond acceptors (Lipinski definition) is 3. The molecule has 3 unspecified atom stereocenters. The number of rotatable bonds is 8. The lowest BCUT2D eigenvalue weighted by Crippen LogP contribution is -2.47. The molecule has 2 N–H and O–H groups in total. The van der Waals surface area contributed by atoms with Crippen molar-refractivity contribution in [2.24, 2.45) is 4.99 Å². The number of benzene rings is 1. The van der Waals surface area contributed by atoms with E-state index >= 15 is 0 Å². The SMILES string of the molecule is CCS(=O)C1CCCC(NC(=NC)NCCC(=O)N(C)Cc2ccccc2)C1.I. The van der Waals surface area contributed by atoms with Gasteiger partial charge in [0.15, 0.2) is 5.96 Å².